The molecule has 0 aliphatic rings. The molecule has 2 aromatic carbocycles. The fourth-order valence-corrected chi connectivity index (χ4v) is 3.71. The molecule has 0 spiro atoms. The smallest absolute Gasteiger partial charge is 0.323 e. The van der Waals surface area contributed by atoms with Crippen LogP contribution >= 0.6 is 0 Å². The lowest BCUT2D eigenvalue weighted by Crippen LogP contribution is -2.41. The molecule has 4 aromatic rings. The van der Waals surface area contributed by atoms with Crippen molar-refractivity contribution in [3.63, 3.8) is 0 Å². The number of ether oxygens (including phenoxy) is 4. The molecule has 0 bridgehead atoms. The number of methoxy groups -OCH3 is 3. The number of hydrogen-bond acceptors (Lipinski definition) is 9. The first-order valence-corrected chi connectivity index (χ1v) is 10.1. The van der Waals surface area contributed by atoms with E-state index in [4.69, 9.17) is 18.9 Å². The minimum absolute atomic E-state index is 0.0208. The second-order valence-corrected chi connectivity index (χ2v) is 7.07. The van der Waals surface area contributed by atoms with Crippen molar-refractivity contribution in [2.24, 2.45) is 7.05 Å². The summed E-state index contributed by atoms with van der Waals surface area (Å²) in [5, 5.41) is 12.1. The molecule has 2 aromatic heterocycles. The van der Waals surface area contributed by atoms with Crippen molar-refractivity contribution in [2.45, 2.75) is 11.7 Å². The minimum atomic E-state index is -1.15. The van der Waals surface area contributed by atoms with E-state index in [0.29, 0.717) is 5.82 Å². The van der Waals surface area contributed by atoms with E-state index in [1.54, 1.807) is 20.2 Å². The molecule has 0 N–H and O–H groups in total. The molecule has 0 radical (unpaired) electrons. The molecule has 4 rings (SSSR count). The van der Waals surface area contributed by atoms with E-state index in [1.165, 1.54) is 18.9 Å². The molecule has 0 fully saturated rings. The van der Waals surface area contributed by atoms with Gasteiger partial charge in [0.15, 0.2) is 17.5 Å². The van der Waals surface area contributed by atoms with Gasteiger partial charge < -0.3 is 18.9 Å². The maximum Gasteiger partial charge on any atom is 0.323 e. The van der Waals surface area contributed by atoms with Crippen molar-refractivity contribution in [3.05, 3.63) is 83.7 Å². The van der Waals surface area contributed by atoms with Crippen molar-refractivity contribution >= 4 is 0 Å². The van der Waals surface area contributed by atoms with Crippen LogP contribution in [0.2, 0.25) is 0 Å². The molecule has 0 aliphatic carbocycles. The number of nitrogens with zero attached hydrogens (tertiary/aromatic N) is 6. The van der Waals surface area contributed by atoms with Gasteiger partial charge in [0, 0.05) is 14.2 Å². The van der Waals surface area contributed by atoms with Crippen LogP contribution in [0.25, 0.3) is 0 Å². The second-order valence-electron chi connectivity index (χ2n) is 7.07. The van der Waals surface area contributed by atoms with Crippen LogP contribution in [0.4, 0.5) is 0 Å². The summed E-state index contributed by atoms with van der Waals surface area (Å²) in [6, 6.07) is 21.0. The number of aryl methyl sites for hydroxylation is 1. The molecule has 2 heterocycles. The Morgan fingerprint density at radius 3 is 1.79 bits per heavy atom. The number of benzene rings is 2. The third-order valence-corrected chi connectivity index (χ3v) is 5.28. The number of aromatic nitrogens is 6. The van der Waals surface area contributed by atoms with E-state index in [2.05, 4.69) is 25.5 Å². The van der Waals surface area contributed by atoms with Crippen molar-refractivity contribution in [2.75, 3.05) is 21.3 Å². The highest BCUT2D eigenvalue weighted by Gasteiger charge is 2.48. The maximum absolute atomic E-state index is 6.42. The zero-order valence-electron chi connectivity index (χ0n) is 18.7. The normalized spacial score (nSPS) is 12.2. The maximum atomic E-state index is 6.42. The first-order valence-electron chi connectivity index (χ1n) is 10.1. The van der Waals surface area contributed by atoms with Gasteiger partial charge in [-0.25, -0.2) is 4.68 Å². The van der Waals surface area contributed by atoms with Crippen LogP contribution in [0.5, 0.6) is 17.8 Å². The molecule has 170 valence electrons. The van der Waals surface area contributed by atoms with Gasteiger partial charge in [0.2, 0.25) is 11.8 Å². The zero-order chi connectivity index (χ0) is 23.3. The fourth-order valence-electron chi connectivity index (χ4n) is 3.71. The highest BCUT2D eigenvalue weighted by Crippen LogP contribution is 2.45. The number of hydrogen-bond donors (Lipinski definition) is 0. The Morgan fingerprint density at radius 1 is 0.818 bits per heavy atom. The Kier molecular flexibility index (Phi) is 6.45. The van der Waals surface area contributed by atoms with Gasteiger partial charge in [0.1, 0.15) is 0 Å². The van der Waals surface area contributed by atoms with Crippen molar-refractivity contribution in [3.8, 4) is 17.8 Å². The Labute approximate surface area is 191 Å². The van der Waals surface area contributed by atoms with Gasteiger partial charge in [-0.3, -0.25) is 0 Å². The molecule has 1 atom stereocenters. The van der Waals surface area contributed by atoms with Crippen LogP contribution < -0.4 is 14.2 Å². The highest BCUT2D eigenvalue weighted by molar-refractivity contribution is 5.40. The lowest BCUT2D eigenvalue weighted by molar-refractivity contribution is -0.0778. The predicted octanol–water partition coefficient (Wildman–Crippen LogP) is 2.73. The van der Waals surface area contributed by atoms with Crippen LogP contribution in [0.15, 0.2) is 66.7 Å². The third kappa shape index (κ3) is 4.20. The summed E-state index contributed by atoms with van der Waals surface area (Å²) in [4.78, 5) is 8.69. The van der Waals surface area contributed by atoms with Crippen LogP contribution in [0.1, 0.15) is 23.1 Å². The Bertz CT molecular complexity index is 1120. The molecule has 0 saturated heterocycles. The SMILES string of the molecule is COc1cc(OC)nc(OC(c2nnnn2C)C(OC)(c2ccccc2)c2ccccc2)n1. The van der Waals surface area contributed by atoms with Gasteiger partial charge in [0.25, 0.3) is 0 Å². The minimum Gasteiger partial charge on any atom is -0.481 e. The molecule has 10 heteroatoms. The Morgan fingerprint density at radius 2 is 1.36 bits per heavy atom. The molecule has 10 nitrogen and oxygen atoms in total. The lowest BCUT2D eigenvalue weighted by Gasteiger charge is -2.39. The van der Waals surface area contributed by atoms with E-state index >= 15 is 0 Å². The molecular formula is C23H24N6O4. The van der Waals surface area contributed by atoms with Crippen LogP contribution in [-0.4, -0.2) is 51.5 Å². The van der Waals surface area contributed by atoms with E-state index < -0.39 is 11.7 Å². The average Bonchev–Trinajstić information content (AvgIpc) is 3.30. The standard InChI is InChI=1S/C23H24N6O4/c1-29-21(26-27-28-29)20(33-22-24-18(30-2)15-19(25-22)31-3)23(32-4,16-11-7-5-8-12-16)17-13-9-6-10-14-17/h5-15,20H,1-4H3. The third-order valence-electron chi connectivity index (χ3n) is 5.28. The van der Waals surface area contributed by atoms with Gasteiger partial charge in [0.05, 0.1) is 20.3 Å². The number of tetrazole rings is 1. The molecule has 0 amide bonds. The summed E-state index contributed by atoms with van der Waals surface area (Å²) in [6.45, 7) is 0. The molecule has 0 saturated carbocycles. The van der Waals surface area contributed by atoms with Crippen molar-refractivity contribution in [1.29, 1.82) is 0 Å². The summed E-state index contributed by atoms with van der Waals surface area (Å²) in [5.74, 6) is 0.984. The molecule has 1 unspecified atom stereocenters. The van der Waals surface area contributed by atoms with Gasteiger partial charge in [-0.05, 0) is 21.6 Å². The van der Waals surface area contributed by atoms with E-state index in [0.717, 1.165) is 11.1 Å². The first kappa shape index (κ1) is 22.2. The largest absolute Gasteiger partial charge is 0.481 e. The Balaban J connectivity index is 1.96. The van der Waals surface area contributed by atoms with E-state index in [-0.39, 0.29) is 17.8 Å². The summed E-state index contributed by atoms with van der Waals surface area (Å²) in [6.07, 6.45) is -0.885. The van der Waals surface area contributed by atoms with Crippen LogP contribution in [0, 0.1) is 0 Å². The molecule has 33 heavy (non-hydrogen) atoms. The van der Waals surface area contributed by atoms with Gasteiger partial charge in [-0.1, -0.05) is 60.7 Å². The van der Waals surface area contributed by atoms with Gasteiger partial charge >= 0.3 is 6.01 Å². The summed E-state index contributed by atoms with van der Waals surface area (Å²) < 4.78 is 24.8. The summed E-state index contributed by atoms with van der Waals surface area (Å²) in [7, 11) is 6.36. The predicted molar refractivity (Wildman–Crippen MR) is 118 cm³/mol. The quantitative estimate of drug-likeness (QED) is 0.382. The molecular weight excluding hydrogens is 424 g/mol. The second kappa shape index (κ2) is 9.61. The lowest BCUT2D eigenvalue weighted by atomic mass is 9.80. The van der Waals surface area contributed by atoms with Crippen molar-refractivity contribution < 1.29 is 18.9 Å². The van der Waals surface area contributed by atoms with Crippen LogP contribution in [0.3, 0.4) is 0 Å². The summed E-state index contributed by atoms with van der Waals surface area (Å²) in [5.41, 5.74) is 0.521. The summed E-state index contributed by atoms with van der Waals surface area (Å²) >= 11 is 0. The average molecular weight is 448 g/mol. The van der Waals surface area contributed by atoms with Crippen molar-refractivity contribution in [1.82, 2.24) is 30.2 Å². The Hall–Kier alpha value is -4.05. The van der Waals surface area contributed by atoms with Crippen LogP contribution in [-0.2, 0) is 17.4 Å². The zero-order valence-corrected chi connectivity index (χ0v) is 18.7. The van der Waals surface area contributed by atoms with Gasteiger partial charge in [-0.15, -0.1) is 5.10 Å². The monoisotopic (exact) mass is 448 g/mol. The highest BCUT2D eigenvalue weighted by atomic mass is 16.6. The fraction of sp³-hybridized carbons (Fsp3) is 0.261. The topological polar surface area (TPSA) is 106 Å². The number of rotatable bonds is 9. The molecule has 0 aliphatic heterocycles. The first-order chi connectivity index (χ1) is 16.1. The van der Waals surface area contributed by atoms with Gasteiger partial charge in [-0.2, -0.15) is 9.97 Å². The van der Waals surface area contributed by atoms with E-state index in [1.807, 2.05) is 60.7 Å². The van der Waals surface area contributed by atoms with E-state index in [9.17, 15) is 0 Å².